The molecule has 0 aliphatic carbocycles. The van der Waals surface area contributed by atoms with Crippen molar-refractivity contribution in [3.05, 3.63) is 22.4 Å². The minimum Gasteiger partial charge on any atom is -0.350 e. The van der Waals surface area contributed by atoms with Crippen molar-refractivity contribution >= 4 is 23.2 Å². The molecule has 0 saturated heterocycles. The van der Waals surface area contributed by atoms with Gasteiger partial charge >= 0.3 is 0 Å². The van der Waals surface area contributed by atoms with E-state index in [1.807, 2.05) is 38.3 Å². The fourth-order valence-corrected chi connectivity index (χ4v) is 1.73. The molecule has 0 aliphatic rings. The van der Waals surface area contributed by atoms with Crippen molar-refractivity contribution in [3.8, 4) is 0 Å². The molecule has 0 spiro atoms. The van der Waals surface area contributed by atoms with Crippen molar-refractivity contribution in [2.75, 3.05) is 6.54 Å². The fourth-order valence-electron chi connectivity index (χ4n) is 1.09. The summed E-state index contributed by atoms with van der Waals surface area (Å²) in [6.07, 6.45) is 0. The quantitative estimate of drug-likeness (QED) is 0.856. The summed E-state index contributed by atoms with van der Waals surface area (Å²) in [4.78, 5) is 24.1. The van der Waals surface area contributed by atoms with Crippen LogP contribution in [0.1, 0.15) is 25.6 Å². The van der Waals surface area contributed by atoms with Gasteiger partial charge in [0, 0.05) is 10.3 Å². The number of thiophene rings is 1. The molecule has 0 aliphatic heterocycles. The van der Waals surface area contributed by atoms with E-state index in [4.69, 9.17) is 0 Å². The lowest BCUT2D eigenvalue weighted by atomic mass is 9.96. The highest BCUT2D eigenvalue weighted by molar-refractivity contribution is 7.09. The van der Waals surface area contributed by atoms with Gasteiger partial charge in [0.05, 0.1) is 13.1 Å². The standard InChI is InChI=1S/C12H18N2O2S/c1-12(2,3)11(16)14-8-10(15)13-7-9-5-4-6-17-9/h4-6H,7-8H2,1-3H3,(H,13,15)(H,14,16). The first kappa shape index (κ1) is 13.7. The van der Waals surface area contributed by atoms with Gasteiger partial charge in [-0.3, -0.25) is 9.59 Å². The monoisotopic (exact) mass is 254 g/mol. The summed E-state index contributed by atoms with van der Waals surface area (Å²) in [5, 5.41) is 7.31. The summed E-state index contributed by atoms with van der Waals surface area (Å²) in [5.74, 6) is -0.292. The summed E-state index contributed by atoms with van der Waals surface area (Å²) in [5.41, 5.74) is -0.464. The van der Waals surface area contributed by atoms with E-state index in [0.717, 1.165) is 4.88 Å². The first-order valence-corrected chi connectivity index (χ1v) is 6.35. The van der Waals surface area contributed by atoms with E-state index in [1.54, 1.807) is 11.3 Å². The van der Waals surface area contributed by atoms with Crippen molar-refractivity contribution in [2.24, 2.45) is 5.41 Å². The molecule has 0 fully saturated rings. The van der Waals surface area contributed by atoms with Crippen LogP contribution < -0.4 is 10.6 Å². The van der Waals surface area contributed by atoms with Crippen molar-refractivity contribution in [1.29, 1.82) is 0 Å². The first-order chi connectivity index (χ1) is 7.89. The molecular weight excluding hydrogens is 236 g/mol. The highest BCUT2D eigenvalue weighted by Gasteiger charge is 2.21. The zero-order valence-electron chi connectivity index (χ0n) is 10.4. The minimum atomic E-state index is -0.464. The van der Waals surface area contributed by atoms with Gasteiger partial charge in [0.25, 0.3) is 0 Å². The Morgan fingerprint density at radius 1 is 1.29 bits per heavy atom. The third kappa shape index (κ3) is 4.99. The Morgan fingerprint density at radius 3 is 2.53 bits per heavy atom. The van der Waals surface area contributed by atoms with Crippen LogP contribution in [-0.2, 0) is 16.1 Å². The van der Waals surface area contributed by atoms with Crippen LogP contribution in [0.4, 0.5) is 0 Å². The minimum absolute atomic E-state index is 0.0292. The second-order valence-corrected chi connectivity index (χ2v) is 5.82. The first-order valence-electron chi connectivity index (χ1n) is 5.47. The Balaban J connectivity index is 2.24. The Hall–Kier alpha value is -1.36. The summed E-state index contributed by atoms with van der Waals surface area (Å²) < 4.78 is 0. The van der Waals surface area contributed by atoms with E-state index in [1.165, 1.54) is 0 Å². The molecule has 94 valence electrons. The van der Waals surface area contributed by atoms with Crippen molar-refractivity contribution in [1.82, 2.24) is 10.6 Å². The number of rotatable bonds is 4. The van der Waals surface area contributed by atoms with Gasteiger partial charge in [-0.1, -0.05) is 26.8 Å². The second kappa shape index (κ2) is 5.82. The molecule has 0 atom stereocenters. The number of carbonyl (C=O) groups excluding carboxylic acids is 2. The highest BCUT2D eigenvalue weighted by atomic mass is 32.1. The summed E-state index contributed by atoms with van der Waals surface area (Å²) in [6, 6.07) is 3.90. The average molecular weight is 254 g/mol. The zero-order chi connectivity index (χ0) is 12.9. The maximum absolute atomic E-state index is 11.5. The second-order valence-electron chi connectivity index (χ2n) is 4.79. The van der Waals surface area contributed by atoms with Crippen LogP contribution in [0.2, 0.25) is 0 Å². The summed E-state index contributed by atoms with van der Waals surface area (Å²) >= 11 is 1.59. The largest absolute Gasteiger partial charge is 0.350 e. The number of nitrogens with one attached hydrogen (secondary N) is 2. The molecule has 1 aromatic heterocycles. The van der Waals surface area contributed by atoms with Gasteiger partial charge in [0.15, 0.2) is 0 Å². The predicted octanol–water partition coefficient (Wildman–Crippen LogP) is 1.53. The number of hydrogen-bond donors (Lipinski definition) is 2. The van der Waals surface area contributed by atoms with Crippen LogP contribution in [0.5, 0.6) is 0 Å². The number of hydrogen-bond acceptors (Lipinski definition) is 3. The van der Waals surface area contributed by atoms with Gasteiger partial charge in [0.1, 0.15) is 0 Å². The molecular formula is C12H18N2O2S. The highest BCUT2D eigenvalue weighted by Crippen LogP contribution is 2.12. The smallest absolute Gasteiger partial charge is 0.239 e. The Labute approximate surface area is 105 Å². The third-order valence-corrected chi connectivity index (χ3v) is 3.01. The lowest BCUT2D eigenvalue weighted by molar-refractivity contribution is -0.131. The molecule has 0 radical (unpaired) electrons. The maximum atomic E-state index is 11.5. The molecule has 1 rings (SSSR count). The molecule has 1 aromatic rings. The Kier molecular flexibility index (Phi) is 4.69. The normalized spacial score (nSPS) is 11.0. The van der Waals surface area contributed by atoms with Gasteiger partial charge in [-0.05, 0) is 11.4 Å². The van der Waals surface area contributed by atoms with Gasteiger partial charge in [-0.25, -0.2) is 0 Å². The van der Waals surface area contributed by atoms with Crippen LogP contribution in [0.3, 0.4) is 0 Å². The van der Waals surface area contributed by atoms with Crippen LogP contribution in [0.25, 0.3) is 0 Å². The molecule has 5 heteroatoms. The molecule has 1 heterocycles. The van der Waals surface area contributed by atoms with E-state index in [0.29, 0.717) is 6.54 Å². The van der Waals surface area contributed by atoms with E-state index < -0.39 is 5.41 Å². The summed E-state index contributed by atoms with van der Waals surface area (Å²) in [7, 11) is 0. The Morgan fingerprint density at radius 2 is 2.00 bits per heavy atom. The number of carbonyl (C=O) groups is 2. The van der Waals surface area contributed by atoms with Crippen molar-refractivity contribution in [2.45, 2.75) is 27.3 Å². The van der Waals surface area contributed by atoms with Crippen LogP contribution in [-0.4, -0.2) is 18.4 Å². The molecule has 0 saturated carbocycles. The van der Waals surface area contributed by atoms with Crippen LogP contribution in [0.15, 0.2) is 17.5 Å². The van der Waals surface area contributed by atoms with E-state index in [-0.39, 0.29) is 18.4 Å². The average Bonchev–Trinajstić information content (AvgIpc) is 2.74. The van der Waals surface area contributed by atoms with Crippen LogP contribution >= 0.6 is 11.3 Å². The fraction of sp³-hybridized carbons (Fsp3) is 0.500. The third-order valence-electron chi connectivity index (χ3n) is 2.13. The van der Waals surface area contributed by atoms with Crippen molar-refractivity contribution < 1.29 is 9.59 Å². The molecule has 0 bridgehead atoms. The van der Waals surface area contributed by atoms with E-state index >= 15 is 0 Å². The molecule has 0 unspecified atom stereocenters. The molecule has 0 aromatic carbocycles. The van der Waals surface area contributed by atoms with Crippen LogP contribution in [0, 0.1) is 5.41 Å². The summed E-state index contributed by atoms with van der Waals surface area (Å²) in [6.45, 7) is 5.98. The predicted molar refractivity (Wildman–Crippen MR) is 68.6 cm³/mol. The van der Waals surface area contributed by atoms with E-state index in [2.05, 4.69) is 10.6 Å². The maximum Gasteiger partial charge on any atom is 0.239 e. The lowest BCUT2D eigenvalue weighted by Gasteiger charge is -2.17. The van der Waals surface area contributed by atoms with Crippen molar-refractivity contribution in [3.63, 3.8) is 0 Å². The topological polar surface area (TPSA) is 58.2 Å². The zero-order valence-corrected chi connectivity index (χ0v) is 11.2. The SMILES string of the molecule is CC(C)(C)C(=O)NCC(=O)NCc1cccs1. The van der Waals surface area contributed by atoms with Gasteiger partial charge in [-0.2, -0.15) is 0 Å². The van der Waals surface area contributed by atoms with Gasteiger partial charge in [-0.15, -0.1) is 11.3 Å². The molecule has 17 heavy (non-hydrogen) atoms. The molecule has 2 N–H and O–H groups in total. The number of amides is 2. The van der Waals surface area contributed by atoms with Gasteiger partial charge in [0.2, 0.25) is 11.8 Å². The Bertz CT molecular complexity index is 380. The lowest BCUT2D eigenvalue weighted by Crippen LogP contribution is -2.41. The van der Waals surface area contributed by atoms with E-state index in [9.17, 15) is 9.59 Å². The molecule has 4 nitrogen and oxygen atoms in total. The molecule has 2 amide bonds. The van der Waals surface area contributed by atoms with Gasteiger partial charge < -0.3 is 10.6 Å².